The minimum atomic E-state index is 0.0519. The van der Waals surface area contributed by atoms with Gasteiger partial charge in [-0.05, 0) is 0 Å². The van der Waals surface area contributed by atoms with Gasteiger partial charge in [0.25, 0.3) is 0 Å². The molecule has 0 aliphatic carbocycles. The molecule has 0 bridgehead atoms. The Hall–Kier alpha value is -0.670. The van der Waals surface area contributed by atoms with Crippen molar-refractivity contribution < 1.29 is 14.3 Å². The van der Waals surface area contributed by atoms with Gasteiger partial charge < -0.3 is 9.47 Å². The van der Waals surface area contributed by atoms with Crippen molar-refractivity contribution in [1.82, 2.24) is 0 Å². The monoisotopic (exact) mass is 158 g/mol. The Balaban J connectivity index is 3.10. The molecule has 0 radical (unpaired) electrons. The van der Waals surface area contributed by atoms with E-state index in [0.29, 0.717) is 19.6 Å². The molecule has 0 heterocycles. The van der Waals surface area contributed by atoms with Crippen molar-refractivity contribution in [2.24, 2.45) is 0 Å². The van der Waals surface area contributed by atoms with Crippen LogP contribution in [-0.4, -0.2) is 32.7 Å². The Bertz CT molecular complexity index is 121. The molecule has 0 atom stereocenters. The molecule has 11 heavy (non-hydrogen) atoms. The van der Waals surface area contributed by atoms with Crippen LogP contribution in [0.1, 0.15) is 6.42 Å². The normalized spacial score (nSPS) is 9.55. The number of ketones is 1. The van der Waals surface area contributed by atoms with Crippen LogP contribution in [0, 0.1) is 0 Å². The van der Waals surface area contributed by atoms with Crippen molar-refractivity contribution in [3.63, 3.8) is 0 Å². The van der Waals surface area contributed by atoms with E-state index < -0.39 is 0 Å². The first-order chi connectivity index (χ1) is 5.31. The number of carbonyl (C=O) groups is 1. The molecule has 0 N–H and O–H groups in total. The summed E-state index contributed by atoms with van der Waals surface area (Å²) < 4.78 is 9.69. The molecule has 0 aromatic heterocycles. The highest BCUT2D eigenvalue weighted by atomic mass is 16.5. The van der Waals surface area contributed by atoms with E-state index in [0.717, 1.165) is 0 Å². The minimum absolute atomic E-state index is 0.0519. The number of rotatable bonds is 7. The van der Waals surface area contributed by atoms with Crippen molar-refractivity contribution in [2.75, 3.05) is 26.9 Å². The topological polar surface area (TPSA) is 35.5 Å². The molecule has 0 saturated carbocycles. The molecule has 0 amide bonds. The molecular weight excluding hydrogens is 144 g/mol. The Morgan fingerprint density at radius 1 is 1.55 bits per heavy atom. The second-order valence-corrected chi connectivity index (χ2v) is 2.08. The molecule has 0 unspecified atom stereocenters. The molecule has 0 aliphatic heterocycles. The van der Waals surface area contributed by atoms with Gasteiger partial charge in [0.1, 0.15) is 6.61 Å². The molecule has 64 valence electrons. The average Bonchev–Trinajstić information content (AvgIpc) is 1.99. The van der Waals surface area contributed by atoms with Crippen molar-refractivity contribution in [3.8, 4) is 0 Å². The Morgan fingerprint density at radius 2 is 2.27 bits per heavy atom. The first-order valence-corrected chi connectivity index (χ1v) is 3.50. The van der Waals surface area contributed by atoms with E-state index in [1.165, 1.54) is 0 Å². The zero-order chi connectivity index (χ0) is 8.53. The quantitative estimate of drug-likeness (QED) is 0.406. The predicted molar refractivity (Wildman–Crippen MR) is 42.5 cm³/mol. The van der Waals surface area contributed by atoms with E-state index in [1.54, 1.807) is 13.2 Å². The number of allylic oxidation sites excluding steroid dienone is 1. The second-order valence-electron chi connectivity index (χ2n) is 2.08. The van der Waals surface area contributed by atoms with E-state index in [4.69, 9.17) is 9.47 Å². The summed E-state index contributed by atoms with van der Waals surface area (Å²) in [7, 11) is 1.59. The van der Waals surface area contributed by atoms with E-state index in [-0.39, 0.29) is 12.4 Å². The molecule has 3 heteroatoms. The maximum absolute atomic E-state index is 10.8. The van der Waals surface area contributed by atoms with Crippen LogP contribution in [0.4, 0.5) is 0 Å². The molecular formula is C8H14O3. The summed E-state index contributed by atoms with van der Waals surface area (Å²) >= 11 is 0. The third-order valence-corrected chi connectivity index (χ3v) is 1.07. The average molecular weight is 158 g/mol. The van der Waals surface area contributed by atoms with E-state index >= 15 is 0 Å². The standard InChI is InChI=1S/C8H14O3/c1-3-4-8(9)7-11-6-5-10-2/h3H,1,4-7H2,2H3. The molecule has 0 aliphatic rings. The van der Waals surface area contributed by atoms with Gasteiger partial charge in [0.05, 0.1) is 13.2 Å². The first-order valence-electron chi connectivity index (χ1n) is 3.50. The lowest BCUT2D eigenvalue weighted by Crippen LogP contribution is -2.10. The number of methoxy groups -OCH3 is 1. The predicted octanol–water partition coefficient (Wildman–Crippen LogP) is 0.795. The Labute approximate surface area is 67.0 Å². The Kier molecular flexibility index (Phi) is 6.98. The van der Waals surface area contributed by atoms with Gasteiger partial charge in [0.2, 0.25) is 0 Å². The molecule has 0 fully saturated rings. The van der Waals surface area contributed by atoms with Crippen LogP contribution >= 0.6 is 0 Å². The van der Waals surface area contributed by atoms with Crippen LogP contribution in [0.3, 0.4) is 0 Å². The van der Waals surface area contributed by atoms with Crippen LogP contribution in [0.25, 0.3) is 0 Å². The van der Waals surface area contributed by atoms with Gasteiger partial charge in [0.15, 0.2) is 5.78 Å². The molecule has 0 spiro atoms. The lowest BCUT2D eigenvalue weighted by Gasteiger charge is -2.00. The summed E-state index contributed by atoms with van der Waals surface area (Å²) in [5, 5.41) is 0. The summed E-state index contributed by atoms with van der Waals surface area (Å²) in [6, 6.07) is 0. The second kappa shape index (κ2) is 7.44. The highest BCUT2D eigenvalue weighted by Gasteiger charge is 1.97. The van der Waals surface area contributed by atoms with E-state index in [1.807, 2.05) is 0 Å². The number of hydrogen-bond acceptors (Lipinski definition) is 3. The van der Waals surface area contributed by atoms with Gasteiger partial charge in [-0.1, -0.05) is 6.08 Å². The number of hydrogen-bond donors (Lipinski definition) is 0. The minimum Gasteiger partial charge on any atom is -0.382 e. The largest absolute Gasteiger partial charge is 0.382 e. The van der Waals surface area contributed by atoms with Gasteiger partial charge in [-0.2, -0.15) is 0 Å². The third-order valence-electron chi connectivity index (χ3n) is 1.07. The van der Waals surface area contributed by atoms with Crippen LogP contribution < -0.4 is 0 Å². The van der Waals surface area contributed by atoms with Crippen LogP contribution in [0.15, 0.2) is 12.7 Å². The van der Waals surface area contributed by atoms with Gasteiger partial charge in [-0.15, -0.1) is 6.58 Å². The van der Waals surface area contributed by atoms with Crippen molar-refractivity contribution in [1.29, 1.82) is 0 Å². The van der Waals surface area contributed by atoms with Crippen molar-refractivity contribution in [2.45, 2.75) is 6.42 Å². The lowest BCUT2D eigenvalue weighted by molar-refractivity contribution is -0.123. The van der Waals surface area contributed by atoms with Crippen LogP contribution in [0.5, 0.6) is 0 Å². The SMILES string of the molecule is C=CCC(=O)COCCOC. The number of Topliss-reactive ketones (excluding diaryl/α,β-unsaturated/α-hetero) is 1. The number of ether oxygens (including phenoxy) is 2. The maximum Gasteiger partial charge on any atom is 0.162 e. The third kappa shape index (κ3) is 7.22. The summed E-state index contributed by atoms with van der Waals surface area (Å²) in [5.41, 5.74) is 0. The highest BCUT2D eigenvalue weighted by molar-refractivity contribution is 5.80. The fraction of sp³-hybridized carbons (Fsp3) is 0.625. The van der Waals surface area contributed by atoms with Crippen LogP contribution in [0.2, 0.25) is 0 Å². The molecule has 0 aromatic carbocycles. The van der Waals surface area contributed by atoms with Crippen molar-refractivity contribution in [3.05, 3.63) is 12.7 Å². The lowest BCUT2D eigenvalue weighted by atomic mass is 10.3. The van der Waals surface area contributed by atoms with Gasteiger partial charge in [0, 0.05) is 13.5 Å². The van der Waals surface area contributed by atoms with Crippen molar-refractivity contribution >= 4 is 5.78 Å². The molecule has 0 rings (SSSR count). The maximum atomic E-state index is 10.8. The summed E-state index contributed by atoms with van der Waals surface area (Å²) in [5.74, 6) is 0.0519. The van der Waals surface area contributed by atoms with E-state index in [9.17, 15) is 4.79 Å². The molecule has 3 nitrogen and oxygen atoms in total. The van der Waals surface area contributed by atoms with Crippen LogP contribution in [-0.2, 0) is 14.3 Å². The first kappa shape index (κ1) is 10.3. The zero-order valence-corrected chi connectivity index (χ0v) is 6.84. The summed E-state index contributed by atoms with van der Waals surface area (Å²) in [6.07, 6.45) is 1.95. The fourth-order valence-electron chi connectivity index (χ4n) is 0.548. The summed E-state index contributed by atoms with van der Waals surface area (Å²) in [4.78, 5) is 10.8. The highest BCUT2D eigenvalue weighted by Crippen LogP contribution is 1.85. The van der Waals surface area contributed by atoms with Gasteiger partial charge in [-0.3, -0.25) is 4.79 Å². The van der Waals surface area contributed by atoms with E-state index in [2.05, 4.69) is 6.58 Å². The summed E-state index contributed by atoms with van der Waals surface area (Å²) in [6.45, 7) is 4.61. The number of carbonyl (C=O) groups excluding carboxylic acids is 1. The molecule has 0 saturated heterocycles. The smallest absolute Gasteiger partial charge is 0.162 e. The Morgan fingerprint density at radius 3 is 2.82 bits per heavy atom. The fourth-order valence-corrected chi connectivity index (χ4v) is 0.548. The van der Waals surface area contributed by atoms with Gasteiger partial charge >= 0.3 is 0 Å². The van der Waals surface area contributed by atoms with Gasteiger partial charge in [-0.25, -0.2) is 0 Å². The zero-order valence-electron chi connectivity index (χ0n) is 6.84. The molecule has 0 aromatic rings.